The number of carboxylic acids is 1. The van der Waals surface area contributed by atoms with Crippen LogP contribution in [0.5, 0.6) is 0 Å². The average Bonchev–Trinajstić information content (AvgIpc) is 2.36. The van der Waals surface area contributed by atoms with Crippen LogP contribution in [-0.2, 0) is 11.3 Å². The van der Waals surface area contributed by atoms with Crippen LogP contribution in [0.2, 0.25) is 0 Å². The summed E-state index contributed by atoms with van der Waals surface area (Å²) in [6.07, 6.45) is 0. The Balaban J connectivity index is 2.53. The summed E-state index contributed by atoms with van der Waals surface area (Å²) in [4.78, 5) is 31.9. The monoisotopic (exact) mass is 267 g/mol. The van der Waals surface area contributed by atoms with Gasteiger partial charge in [-0.1, -0.05) is 12.1 Å². The lowest BCUT2D eigenvalue weighted by molar-refractivity contribution is -0.384. The van der Waals surface area contributed by atoms with Crippen LogP contribution in [0.3, 0.4) is 0 Å². The molecule has 2 amide bonds. The molecule has 0 unspecified atom stereocenters. The fraction of sp³-hybridized carbons (Fsp3) is 0.273. The van der Waals surface area contributed by atoms with Crippen LogP contribution in [0.1, 0.15) is 12.5 Å². The molecule has 0 bridgehead atoms. The molecule has 0 radical (unpaired) electrons. The Morgan fingerprint density at radius 1 is 1.47 bits per heavy atom. The molecule has 1 atom stereocenters. The Bertz CT molecular complexity index is 503. The Morgan fingerprint density at radius 3 is 2.74 bits per heavy atom. The van der Waals surface area contributed by atoms with Crippen LogP contribution in [0.25, 0.3) is 0 Å². The van der Waals surface area contributed by atoms with Gasteiger partial charge in [0, 0.05) is 18.7 Å². The minimum absolute atomic E-state index is 0.0693. The quantitative estimate of drug-likeness (QED) is 0.539. The smallest absolute Gasteiger partial charge is 0.325 e. The molecule has 8 nitrogen and oxygen atoms in total. The summed E-state index contributed by atoms with van der Waals surface area (Å²) >= 11 is 0. The Labute approximate surface area is 108 Å². The van der Waals surface area contributed by atoms with Crippen molar-refractivity contribution >= 4 is 17.7 Å². The largest absolute Gasteiger partial charge is 0.480 e. The van der Waals surface area contributed by atoms with E-state index in [4.69, 9.17) is 5.11 Å². The Morgan fingerprint density at radius 2 is 2.16 bits per heavy atom. The number of carboxylic acid groups (broad SMARTS) is 1. The molecule has 8 heteroatoms. The van der Waals surface area contributed by atoms with Crippen LogP contribution >= 0.6 is 0 Å². The number of hydrogen-bond acceptors (Lipinski definition) is 4. The van der Waals surface area contributed by atoms with Gasteiger partial charge >= 0.3 is 12.0 Å². The second-order valence-electron chi connectivity index (χ2n) is 3.81. The van der Waals surface area contributed by atoms with Gasteiger partial charge in [-0.3, -0.25) is 14.9 Å². The van der Waals surface area contributed by atoms with E-state index in [1.54, 1.807) is 6.07 Å². The normalized spacial score (nSPS) is 11.4. The molecule has 0 saturated carbocycles. The summed E-state index contributed by atoms with van der Waals surface area (Å²) < 4.78 is 0. The lowest BCUT2D eigenvalue weighted by Gasteiger charge is -2.10. The predicted molar refractivity (Wildman–Crippen MR) is 65.6 cm³/mol. The molecule has 1 aromatic rings. The predicted octanol–water partition coefficient (Wildman–Crippen LogP) is 0.867. The molecular weight excluding hydrogens is 254 g/mol. The van der Waals surface area contributed by atoms with E-state index in [1.807, 2.05) is 0 Å². The van der Waals surface area contributed by atoms with Crippen LogP contribution in [-0.4, -0.2) is 28.1 Å². The van der Waals surface area contributed by atoms with E-state index >= 15 is 0 Å². The summed E-state index contributed by atoms with van der Waals surface area (Å²) in [7, 11) is 0. The number of carbonyl (C=O) groups is 2. The molecule has 0 spiro atoms. The maximum Gasteiger partial charge on any atom is 0.325 e. The zero-order valence-electron chi connectivity index (χ0n) is 10.1. The second-order valence-corrected chi connectivity index (χ2v) is 3.81. The summed E-state index contributed by atoms with van der Waals surface area (Å²) in [6.45, 7) is 1.40. The van der Waals surface area contributed by atoms with Gasteiger partial charge in [-0.05, 0) is 12.5 Å². The van der Waals surface area contributed by atoms with Gasteiger partial charge in [0.2, 0.25) is 0 Å². The maximum absolute atomic E-state index is 11.3. The zero-order valence-corrected chi connectivity index (χ0v) is 10.1. The van der Waals surface area contributed by atoms with Gasteiger partial charge in [-0.25, -0.2) is 4.79 Å². The highest BCUT2D eigenvalue weighted by molar-refractivity contribution is 5.82. The van der Waals surface area contributed by atoms with Crippen molar-refractivity contribution in [1.29, 1.82) is 0 Å². The van der Waals surface area contributed by atoms with Crippen molar-refractivity contribution in [1.82, 2.24) is 10.6 Å². The SMILES string of the molecule is C[C@@H](NC(=O)NCc1cccc([N+](=O)[O-])c1)C(=O)O. The number of non-ortho nitro benzene ring substituents is 1. The Hall–Kier alpha value is -2.64. The van der Waals surface area contributed by atoms with Gasteiger partial charge in [-0.2, -0.15) is 0 Å². The third kappa shape index (κ3) is 4.62. The number of nitrogens with one attached hydrogen (secondary N) is 2. The van der Waals surface area contributed by atoms with Crippen molar-refractivity contribution in [3.63, 3.8) is 0 Å². The third-order valence-electron chi connectivity index (χ3n) is 2.29. The Kier molecular flexibility index (Phi) is 4.81. The van der Waals surface area contributed by atoms with Crippen LogP contribution < -0.4 is 10.6 Å². The molecule has 0 saturated heterocycles. The van der Waals surface area contributed by atoms with Gasteiger partial charge in [0.05, 0.1) is 4.92 Å². The van der Waals surface area contributed by atoms with Gasteiger partial charge in [0.15, 0.2) is 0 Å². The number of benzene rings is 1. The molecule has 0 aliphatic carbocycles. The number of aliphatic carboxylic acids is 1. The first-order chi connectivity index (χ1) is 8.90. The fourth-order valence-corrected chi connectivity index (χ4v) is 1.27. The first-order valence-electron chi connectivity index (χ1n) is 5.40. The van der Waals surface area contributed by atoms with Crippen LogP contribution in [0, 0.1) is 10.1 Å². The molecule has 0 aliphatic heterocycles. The third-order valence-corrected chi connectivity index (χ3v) is 2.29. The summed E-state index contributed by atoms with van der Waals surface area (Å²) in [5, 5.41) is 23.8. The minimum atomic E-state index is -1.15. The second kappa shape index (κ2) is 6.34. The number of hydrogen-bond donors (Lipinski definition) is 3. The molecule has 0 aromatic heterocycles. The number of carbonyl (C=O) groups excluding carboxylic acids is 1. The molecule has 1 aromatic carbocycles. The fourth-order valence-electron chi connectivity index (χ4n) is 1.27. The molecule has 19 heavy (non-hydrogen) atoms. The molecule has 0 fully saturated rings. The summed E-state index contributed by atoms with van der Waals surface area (Å²) in [5.41, 5.74) is 0.478. The summed E-state index contributed by atoms with van der Waals surface area (Å²) in [5.74, 6) is -1.15. The number of urea groups is 1. The van der Waals surface area contributed by atoms with Crippen LogP contribution in [0.4, 0.5) is 10.5 Å². The van der Waals surface area contributed by atoms with Gasteiger partial charge in [0.1, 0.15) is 6.04 Å². The van der Waals surface area contributed by atoms with Crippen LogP contribution in [0.15, 0.2) is 24.3 Å². The lowest BCUT2D eigenvalue weighted by Crippen LogP contribution is -2.44. The molecule has 0 aliphatic rings. The number of nitro groups is 1. The van der Waals surface area contributed by atoms with E-state index in [9.17, 15) is 19.7 Å². The standard InChI is InChI=1S/C11H13N3O5/c1-7(10(15)16)13-11(17)12-6-8-3-2-4-9(5-8)14(18)19/h2-5,7H,6H2,1H3,(H,15,16)(H2,12,13,17)/t7-/m1/s1. The minimum Gasteiger partial charge on any atom is -0.480 e. The first-order valence-corrected chi connectivity index (χ1v) is 5.40. The van der Waals surface area contributed by atoms with Gasteiger partial charge in [-0.15, -0.1) is 0 Å². The first kappa shape index (κ1) is 14.4. The molecule has 3 N–H and O–H groups in total. The number of amides is 2. The van der Waals surface area contributed by atoms with E-state index in [1.165, 1.54) is 25.1 Å². The number of nitro benzene ring substituents is 1. The maximum atomic E-state index is 11.3. The highest BCUT2D eigenvalue weighted by Gasteiger charge is 2.13. The van der Waals surface area contributed by atoms with E-state index < -0.39 is 23.0 Å². The van der Waals surface area contributed by atoms with Gasteiger partial charge in [0.25, 0.3) is 5.69 Å². The van der Waals surface area contributed by atoms with Crippen molar-refractivity contribution in [3.05, 3.63) is 39.9 Å². The summed E-state index contributed by atoms with van der Waals surface area (Å²) in [6, 6.07) is 4.14. The van der Waals surface area contributed by atoms with Gasteiger partial charge < -0.3 is 15.7 Å². The van der Waals surface area contributed by atoms with Crippen molar-refractivity contribution in [2.45, 2.75) is 19.5 Å². The highest BCUT2D eigenvalue weighted by atomic mass is 16.6. The topological polar surface area (TPSA) is 122 Å². The highest BCUT2D eigenvalue weighted by Crippen LogP contribution is 2.12. The van der Waals surface area contributed by atoms with Crippen molar-refractivity contribution in [3.8, 4) is 0 Å². The van der Waals surface area contributed by atoms with Crippen molar-refractivity contribution in [2.24, 2.45) is 0 Å². The molecule has 102 valence electrons. The molecular formula is C11H13N3O5. The lowest BCUT2D eigenvalue weighted by atomic mass is 10.2. The van der Waals surface area contributed by atoms with E-state index in [2.05, 4.69) is 10.6 Å². The average molecular weight is 267 g/mol. The van der Waals surface area contributed by atoms with Crippen molar-refractivity contribution < 1.29 is 19.6 Å². The van der Waals surface area contributed by atoms with E-state index in [-0.39, 0.29) is 12.2 Å². The molecule has 0 heterocycles. The van der Waals surface area contributed by atoms with E-state index in [0.29, 0.717) is 5.56 Å². The number of rotatable bonds is 5. The zero-order chi connectivity index (χ0) is 14.4. The number of nitrogens with zero attached hydrogens (tertiary/aromatic N) is 1. The molecule has 1 rings (SSSR count). The van der Waals surface area contributed by atoms with E-state index in [0.717, 1.165) is 0 Å². The van der Waals surface area contributed by atoms with Crippen molar-refractivity contribution in [2.75, 3.05) is 0 Å².